The maximum atomic E-state index is 11.9. The van der Waals surface area contributed by atoms with Gasteiger partial charge in [0, 0.05) is 5.39 Å². The van der Waals surface area contributed by atoms with Gasteiger partial charge in [-0.2, -0.15) is 0 Å². The van der Waals surface area contributed by atoms with E-state index in [1.54, 1.807) is 13.2 Å². The van der Waals surface area contributed by atoms with Crippen molar-refractivity contribution >= 4 is 28.3 Å². The number of hydrogen-bond acceptors (Lipinski definition) is 3. The first kappa shape index (κ1) is 15.4. The van der Waals surface area contributed by atoms with Crippen LogP contribution in [0.3, 0.4) is 0 Å². The van der Waals surface area contributed by atoms with E-state index in [4.69, 9.17) is 21.1 Å². The Morgan fingerprint density at radius 1 is 1.00 bits per heavy atom. The van der Waals surface area contributed by atoms with Crippen molar-refractivity contribution in [2.24, 2.45) is 0 Å². The predicted molar refractivity (Wildman–Crippen MR) is 92.3 cm³/mol. The smallest absolute Gasteiger partial charge is 0.338 e. The summed E-state index contributed by atoms with van der Waals surface area (Å²) in [5.41, 5.74) is 2.29. The van der Waals surface area contributed by atoms with Crippen molar-refractivity contribution in [3.8, 4) is 16.9 Å². The fraction of sp³-hybridized carbons (Fsp3) is 0.105. The van der Waals surface area contributed by atoms with Crippen molar-refractivity contribution < 1.29 is 14.3 Å². The predicted octanol–water partition coefficient (Wildman–Crippen LogP) is 4.96. The quantitative estimate of drug-likeness (QED) is 0.638. The average Bonchev–Trinajstić information content (AvgIpc) is 2.61. The molecule has 3 nitrogen and oxygen atoms in total. The minimum atomic E-state index is -0.353. The third-order valence-electron chi connectivity index (χ3n) is 3.78. The monoisotopic (exact) mass is 326 g/mol. The van der Waals surface area contributed by atoms with Crippen LogP contribution in [0, 0.1) is 0 Å². The van der Waals surface area contributed by atoms with Crippen molar-refractivity contribution in [3.05, 3.63) is 65.2 Å². The van der Waals surface area contributed by atoms with Gasteiger partial charge in [0.25, 0.3) is 0 Å². The van der Waals surface area contributed by atoms with E-state index in [-0.39, 0.29) is 5.97 Å². The van der Waals surface area contributed by atoms with Crippen molar-refractivity contribution in [2.75, 3.05) is 14.2 Å². The number of esters is 1. The minimum Gasteiger partial charge on any atom is -0.495 e. The van der Waals surface area contributed by atoms with Gasteiger partial charge in [-0.25, -0.2) is 4.79 Å². The fourth-order valence-electron chi connectivity index (χ4n) is 2.62. The number of fused-ring (bicyclic) bond motifs is 1. The summed E-state index contributed by atoms with van der Waals surface area (Å²) in [4.78, 5) is 11.9. The number of methoxy groups -OCH3 is 2. The highest BCUT2D eigenvalue weighted by atomic mass is 35.5. The van der Waals surface area contributed by atoms with Crippen LogP contribution in [0.4, 0.5) is 0 Å². The van der Waals surface area contributed by atoms with Crippen LogP contribution in [0.25, 0.3) is 21.9 Å². The summed E-state index contributed by atoms with van der Waals surface area (Å²) in [6.45, 7) is 0. The Morgan fingerprint density at radius 3 is 2.52 bits per heavy atom. The molecular weight excluding hydrogens is 312 g/mol. The number of ether oxygens (including phenoxy) is 2. The Hall–Kier alpha value is -2.52. The molecule has 0 aliphatic rings. The first-order chi connectivity index (χ1) is 11.2. The zero-order valence-corrected chi connectivity index (χ0v) is 13.6. The number of rotatable bonds is 3. The van der Waals surface area contributed by atoms with E-state index in [1.807, 2.05) is 48.5 Å². The fourth-order valence-corrected chi connectivity index (χ4v) is 2.93. The number of carbonyl (C=O) groups is 1. The van der Waals surface area contributed by atoms with E-state index in [0.29, 0.717) is 16.3 Å². The SMILES string of the molecule is COC(=O)c1ccccc1-c1ccc2c(Cl)c(OC)ccc2c1. The summed E-state index contributed by atoms with van der Waals surface area (Å²) >= 11 is 6.35. The summed E-state index contributed by atoms with van der Waals surface area (Å²) in [5.74, 6) is 0.287. The lowest BCUT2D eigenvalue weighted by Crippen LogP contribution is -2.03. The van der Waals surface area contributed by atoms with E-state index >= 15 is 0 Å². The van der Waals surface area contributed by atoms with E-state index in [2.05, 4.69) is 0 Å². The summed E-state index contributed by atoms with van der Waals surface area (Å²) in [6, 6.07) is 17.0. The molecule has 3 aromatic rings. The molecule has 0 N–H and O–H groups in total. The molecule has 0 aliphatic heterocycles. The van der Waals surface area contributed by atoms with E-state index in [1.165, 1.54) is 7.11 Å². The lowest BCUT2D eigenvalue weighted by atomic mass is 9.97. The van der Waals surface area contributed by atoms with Gasteiger partial charge in [-0.1, -0.05) is 48.0 Å². The van der Waals surface area contributed by atoms with E-state index in [0.717, 1.165) is 21.9 Å². The first-order valence-electron chi connectivity index (χ1n) is 7.09. The molecule has 4 heteroatoms. The summed E-state index contributed by atoms with van der Waals surface area (Å²) in [7, 11) is 2.97. The molecule has 0 amide bonds. The van der Waals surface area contributed by atoms with Crippen LogP contribution in [0.1, 0.15) is 10.4 Å². The van der Waals surface area contributed by atoms with Gasteiger partial charge >= 0.3 is 5.97 Å². The Morgan fingerprint density at radius 2 is 1.78 bits per heavy atom. The van der Waals surface area contributed by atoms with E-state index in [9.17, 15) is 4.79 Å². The van der Waals surface area contributed by atoms with Gasteiger partial charge in [-0.05, 0) is 34.7 Å². The van der Waals surface area contributed by atoms with Crippen molar-refractivity contribution in [2.45, 2.75) is 0 Å². The third kappa shape index (κ3) is 2.76. The van der Waals surface area contributed by atoms with Crippen LogP contribution in [0.15, 0.2) is 54.6 Å². The van der Waals surface area contributed by atoms with Crippen molar-refractivity contribution in [1.82, 2.24) is 0 Å². The van der Waals surface area contributed by atoms with Crippen LogP contribution < -0.4 is 4.74 Å². The second kappa shape index (κ2) is 6.31. The van der Waals surface area contributed by atoms with Gasteiger partial charge in [0.15, 0.2) is 0 Å². The molecule has 0 aromatic heterocycles. The molecule has 0 spiro atoms. The van der Waals surface area contributed by atoms with Gasteiger partial charge in [0.2, 0.25) is 0 Å². The van der Waals surface area contributed by atoms with Crippen molar-refractivity contribution in [3.63, 3.8) is 0 Å². The lowest BCUT2D eigenvalue weighted by molar-refractivity contribution is 0.0601. The van der Waals surface area contributed by atoms with E-state index < -0.39 is 0 Å². The number of halogens is 1. The molecule has 23 heavy (non-hydrogen) atoms. The maximum Gasteiger partial charge on any atom is 0.338 e. The lowest BCUT2D eigenvalue weighted by Gasteiger charge is -2.11. The number of carbonyl (C=O) groups excluding carboxylic acids is 1. The molecule has 3 rings (SSSR count). The molecule has 0 saturated carbocycles. The highest BCUT2D eigenvalue weighted by Gasteiger charge is 2.13. The Kier molecular flexibility index (Phi) is 4.22. The maximum absolute atomic E-state index is 11.9. The molecule has 3 aromatic carbocycles. The average molecular weight is 327 g/mol. The second-order valence-corrected chi connectivity index (χ2v) is 5.43. The summed E-state index contributed by atoms with van der Waals surface area (Å²) in [5, 5.41) is 2.47. The van der Waals surface area contributed by atoms with Gasteiger partial charge in [-0.15, -0.1) is 0 Å². The molecule has 0 atom stereocenters. The largest absolute Gasteiger partial charge is 0.495 e. The van der Waals surface area contributed by atoms with Crippen LogP contribution in [0.2, 0.25) is 5.02 Å². The molecule has 0 fully saturated rings. The Labute approximate surface area is 139 Å². The second-order valence-electron chi connectivity index (χ2n) is 5.05. The van der Waals surface area contributed by atoms with Crippen LogP contribution in [-0.4, -0.2) is 20.2 Å². The van der Waals surface area contributed by atoms with Gasteiger partial charge in [0.1, 0.15) is 5.75 Å². The molecule has 116 valence electrons. The summed E-state index contributed by atoms with van der Waals surface area (Å²) < 4.78 is 10.1. The molecule has 0 radical (unpaired) electrons. The molecule has 0 bridgehead atoms. The third-order valence-corrected chi connectivity index (χ3v) is 4.17. The van der Waals surface area contributed by atoms with Gasteiger partial charge in [-0.3, -0.25) is 0 Å². The Bertz CT molecular complexity index is 887. The molecule has 0 unspecified atom stereocenters. The topological polar surface area (TPSA) is 35.5 Å². The normalized spacial score (nSPS) is 10.6. The highest BCUT2D eigenvalue weighted by molar-refractivity contribution is 6.37. The van der Waals surface area contributed by atoms with Gasteiger partial charge < -0.3 is 9.47 Å². The van der Waals surface area contributed by atoms with Crippen LogP contribution in [-0.2, 0) is 4.74 Å². The van der Waals surface area contributed by atoms with Crippen molar-refractivity contribution in [1.29, 1.82) is 0 Å². The number of hydrogen-bond donors (Lipinski definition) is 0. The zero-order chi connectivity index (χ0) is 16.4. The minimum absolute atomic E-state index is 0.353. The summed E-state index contributed by atoms with van der Waals surface area (Å²) in [6.07, 6.45) is 0. The Balaban J connectivity index is 2.17. The zero-order valence-electron chi connectivity index (χ0n) is 12.8. The number of benzene rings is 3. The molecular formula is C19H15ClO3. The standard InChI is InChI=1S/C19H15ClO3/c1-22-17-10-8-13-11-12(7-9-15(13)18(17)20)14-5-3-4-6-16(14)19(21)23-2/h3-11H,1-2H3. The van der Waals surface area contributed by atoms with Crippen LogP contribution in [0.5, 0.6) is 5.75 Å². The molecule has 0 saturated heterocycles. The van der Waals surface area contributed by atoms with Crippen LogP contribution >= 0.6 is 11.6 Å². The first-order valence-corrected chi connectivity index (χ1v) is 7.47. The van der Waals surface area contributed by atoms with Gasteiger partial charge in [0.05, 0.1) is 24.8 Å². The molecule has 0 aliphatic carbocycles. The molecule has 0 heterocycles. The highest BCUT2D eigenvalue weighted by Crippen LogP contribution is 2.35.